The maximum absolute atomic E-state index is 13.1. The Kier molecular flexibility index (Phi) is 7.41. The summed E-state index contributed by atoms with van der Waals surface area (Å²) in [6.07, 6.45) is 0. The number of Topliss-reactive ketones (excluding diaryl/α,β-unsaturated/α-hetero) is 1. The lowest BCUT2D eigenvalue weighted by Gasteiger charge is -2.25. The Balaban J connectivity index is 1.76. The third kappa shape index (κ3) is 5.11. The molecule has 1 amide bonds. The Morgan fingerprint density at radius 3 is 2.50 bits per heavy atom. The number of hydrogen-bond donors (Lipinski definition) is 1. The number of amides is 1. The lowest BCUT2D eigenvalue weighted by Crippen LogP contribution is -2.32. The topological polar surface area (TPSA) is 119 Å². The van der Waals surface area contributed by atoms with Crippen LogP contribution in [-0.4, -0.2) is 46.9 Å². The van der Waals surface area contributed by atoms with Crippen LogP contribution in [0.15, 0.2) is 84.4 Å². The van der Waals surface area contributed by atoms with Crippen molar-refractivity contribution in [3.63, 3.8) is 0 Å². The van der Waals surface area contributed by atoms with Gasteiger partial charge in [0.2, 0.25) is 0 Å². The number of aliphatic hydroxyl groups is 1. The fraction of sp³-hybridized carbons (Fsp3) is 0.185. The molecule has 9 nitrogen and oxygen atoms in total. The normalized spacial score (nSPS) is 16.8. The zero-order valence-electron chi connectivity index (χ0n) is 19.5. The molecule has 1 heterocycles. The quantitative estimate of drug-likeness (QED) is 0.157. The van der Waals surface area contributed by atoms with E-state index >= 15 is 0 Å². The summed E-state index contributed by atoms with van der Waals surface area (Å²) in [5.74, 6) is -1.64. The Morgan fingerprint density at radius 2 is 1.78 bits per heavy atom. The van der Waals surface area contributed by atoms with Gasteiger partial charge in [0.1, 0.15) is 18.1 Å². The lowest BCUT2D eigenvalue weighted by atomic mass is 9.95. The third-order valence-electron chi connectivity index (χ3n) is 5.83. The maximum atomic E-state index is 13.1. The standard InChI is InChI=1S/C27H24N2O7/c1-35-14-13-28-24(19-9-6-12-22(16-19)36-17-18-7-3-2-4-8-18)23(26(31)27(28)32)25(30)20-10-5-11-21(15-20)29(33)34/h2-12,15-16,24,30H,13-14,17H2,1H3/b25-23-. The van der Waals surface area contributed by atoms with Gasteiger partial charge in [-0.05, 0) is 23.3 Å². The number of nitro groups is 1. The van der Waals surface area contributed by atoms with Crippen LogP contribution in [0.25, 0.3) is 5.76 Å². The molecule has 1 saturated heterocycles. The molecule has 1 unspecified atom stereocenters. The first-order chi connectivity index (χ1) is 17.4. The van der Waals surface area contributed by atoms with Crippen LogP contribution < -0.4 is 4.74 Å². The largest absolute Gasteiger partial charge is 0.507 e. The minimum Gasteiger partial charge on any atom is -0.507 e. The highest BCUT2D eigenvalue weighted by atomic mass is 16.6. The van der Waals surface area contributed by atoms with Crippen LogP contribution in [0.3, 0.4) is 0 Å². The molecule has 0 aromatic heterocycles. The number of carbonyl (C=O) groups is 2. The molecular weight excluding hydrogens is 464 g/mol. The van der Waals surface area contributed by atoms with Crippen LogP contribution >= 0.6 is 0 Å². The SMILES string of the molecule is COCCN1C(=O)C(=O)/C(=C(\O)c2cccc([N+](=O)[O-])c2)C1c1cccc(OCc2ccccc2)c1. The zero-order chi connectivity index (χ0) is 25.7. The van der Waals surface area contributed by atoms with E-state index in [0.717, 1.165) is 11.6 Å². The van der Waals surface area contributed by atoms with Crippen molar-refractivity contribution in [1.82, 2.24) is 4.90 Å². The number of nitro benzene ring substituents is 1. The van der Waals surface area contributed by atoms with Gasteiger partial charge in [-0.2, -0.15) is 0 Å². The van der Waals surface area contributed by atoms with Gasteiger partial charge in [0.05, 0.1) is 23.1 Å². The van der Waals surface area contributed by atoms with E-state index in [1.54, 1.807) is 24.3 Å². The summed E-state index contributed by atoms with van der Waals surface area (Å²) in [4.78, 5) is 38.0. The second-order valence-corrected chi connectivity index (χ2v) is 8.14. The van der Waals surface area contributed by atoms with Gasteiger partial charge in [0, 0.05) is 31.4 Å². The van der Waals surface area contributed by atoms with Gasteiger partial charge in [0.15, 0.2) is 0 Å². The second kappa shape index (κ2) is 10.8. The number of likely N-dealkylation sites (tertiary alicyclic amines) is 1. The molecule has 1 fully saturated rings. The average Bonchev–Trinajstić information content (AvgIpc) is 3.16. The first-order valence-electron chi connectivity index (χ1n) is 11.2. The number of carbonyl (C=O) groups excluding carboxylic acids is 2. The van der Waals surface area contributed by atoms with Crippen molar-refractivity contribution in [3.05, 3.63) is 111 Å². The van der Waals surface area contributed by atoms with Crippen molar-refractivity contribution < 1.29 is 29.1 Å². The van der Waals surface area contributed by atoms with E-state index in [1.165, 1.54) is 30.2 Å². The Bertz CT molecular complexity index is 1320. The summed E-state index contributed by atoms with van der Waals surface area (Å²) in [5, 5.41) is 22.3. The smallest absolute Gasteiger partial charge is 0.295 e. The molecule has 0 radical (unpaired) electrons. The van der Waals surface area contributed by atoms with Crippen LogP contribution in [0.1, 0.15) is 22.7 Å². The van der Waals surface area contributed by atoms with Crippen molar-refractivity contribution in [3.8, 4) is 5.75 Å². The third-order valence-corrected chi connectivity index (χ3v) is 5.83. The lowest BCUT2D eigenvalue weighted by molar-refractivity contribution is -0.384. The fourth-order valence-electron chi connectivity index (χ4n) is 4.08. The van der Waals surface area contributed by atoms with E-state index in [2.05, 4.69) is 0 Å². The predicted octanol–water partition coefficient (Wildman–Crippen LogP) is 4.24. The van der Waals surface area contributed by atoms with E-state index in [9.17, 15) is 24.8 Å². The molecule has 3 aromatic rings. The van der Waals surface area contributed by atoms with Crippen molar-refractivity contribution in [2.45, 2.75) is 12.6 Å². The summed E-state index contributed by atoms with van der Waals surface area (Å²) < 4.78 is 11.0. The van der Waals surface area contributed by atoms with E-state index in [0.29, 0.717) is 17.9 Å². The van der Waals surface area contributed by atoms with Crippen LogP contribution in [0, 0.1) is 10.1 Å². The minimum atomic E-state index is -0.931. The number of non-ortho nitro benzene ring substituents is 1. The molecule has 1 N–H and O–H groups in total. The van der Waals surface area contributed by atoms with Crippen LogP contribution in [0.5, 0.6) is 5.75 Å². The van der Waals surface area contributed by atoms with E-state index in [-0.39, 0.29) is 30.0 Å². The molecule has 184 valence electrons. The molecule has 0 aliphatic carbocycles. The number of benzene rings is 3. The van der Waals surface area contributed by atoms with Crippen molar-refractivity contribution in [2.75, 3.05) is 20.3 Å². The number of ether oxygens (including phenoxy) is 2. The molecule has 0 spiro atoms. The van der Waals surface area contributed by atoms with Gasteiger partial charge in [0.25, 0.3) is 17.4 Å². The monoisotopic (exact) mass is 488 g/mol. The highest BCUT2D eigenvalue weighted by Crippen LogP contribution is 2.40. The summed E-state index contributed by atoms with van der Waals surface area (Å²) in [6.45, 7) is 0.596. The van der Waals surface area contributed by atoms with Gasteiger partial charge in [-0.3, -0.25) is 19.7 Å². The number of nitrogens with zero attached hydrogens (tertiary/aromatic N) is 2. The van der Waals surface area contributed by atoms with Gasteiger partial charge in [-0.1, -0.05) is 54.6 Å². The van der Waals surface area contributed by atoms with Gasteiger partial charge < -0.3 is 19.5 Å². The average molecular weight is 488 g/mol. The van der Waals surface area contributed by atoms with E-state index in [4.69, 9.17) is 9.47 Å². The highest BCUT2D eigenvalue weighted by molar-refractivity contribution is 6.46. The molecule has 36 heavy (non-hydrogen) atoms. The van der Waals surface area contributed by atoms with E-state index in [1.807, 2.05) is 30.3 Å². The van der Waals surface area contributed by atoms with Crippen LogP contribution in [-0.2, 0) is 20.9 Å². The summed E-state index contributed by atoms with van der Waals surface area (Å²) in [6, 6.07) is 20.9. The predicted molar refractivity (Wildman–Crippen MR) is 131 cm³/mol. The molecule has 0 saturated carbocycles. The number of ketones is 1. The number of rotatable bonds is 9. The van der Waals surface area contributed by atoms with Crippen LogP contribution in [0.2, 0.25) is 0 Å². The van der Waals surface area contributed by atoms with Gasteiger partial charge in [-0.15, -0.1) is 0 Å². The Labute approximate surface area is 207 Å². The highest BCUT2D eigenvalue weighted by Gasteiger charge is 2.46. The fourth-order valence-corrected chi connectivity index (χ4v) is 4.08. The molecule has 3 aromatic carbocycles. The Hall–Kier alpha value is -4.50. The number of methoxy groups -OCH3 is 1. The maximum Gasteiger partial charge on any atom is 0.295 e. The molecule has 1 atom stereocenters. The first kappa shape index (κ1) is 24.6. The van der Waals surface area contributed by atoms with Crippen molar-refractivity contribution in [1.29, 1.82) is 0 Å². The summed E-state index contributed by atoms with van der Waals surface area (Å²) in [7, 11) is 1.48. The summed E-state index contributed by atoms with van der Waals surface area (Å²) >= 11 is 0. The molecule has 0 bridgehead atoms. The van der Waals surface area contributed by atoms with Gasteiger partial charge >= 0.3 is 0 Å². The number of aliphatic hydroxyl groups excluding tert-OH is 1. The number of hydrogen-bond acceptors (Lipinski definition) is 7. The molecule has 1 aliphatic rings. The first-order valence-corrected chi connectivity index (χ1v) is 11.2. The molecular formula is C27H24N2O7. The molecule has 1 aliphatic heterocycles. The molecule has 4 rings (SSSR count). The summed E-state index contributed by atoms with van der Waals surface area (Å²) in [5.41, 5.74) is 1.18. The van der Waals surface area contributed by atoms with Crippen molar-refractivity contribution in [2.24, 2.45) is 0 Å². The van der Waals surface area contributed by atoms with Crippen molar-refractivity contribution >= 4 is 23.1 Å². The van der Waals surface area contributed by atoms with Crippen LogP contribution in [0.4, 0.5) is 5.69 Å². The van der Waals surface area contributed by atoms with E-state index < -0.39 is 28.4 Å². The molecule has 9 heteroatoms. The Morgan fingerprint density at radius 1 is 1.03 bits per heavy atom. The zero-order valence-corrected chi connectivity index (χ0v) is 19.5. The van der Waals surface area contributed by atoms with Gasteiger partial charge in [-0.25, -0.2) is 0 Å². The minimum absolute atomic E-state index is 0.0652. The second-order valence-electron chi connectivity index (χ2n) is 8.14.